The highest BCUT2D eigenvalue weighted by Crippen LogP contribution is 2.18. The molecule has 1 atom stereocenters. The van der Waals surface area contributed by atoms with Crippen LogP contribution in [0.3, 0.4) is 0 Å². The fourth-order valence-corrected chi connectivity index (χ4v) is 2.96. The van der Waals surface area contributed by atoms with E-state index in [4.69, 9.17) is 0 Å². The van der Waals surface area contributed by atoms with Crippen molar-refractivity contribution >= 4 is 29.3 Å². The SMILES string of the molecule is CC(C)c1ccc(NC(=O)[C@H]2CSCCC(=O)N2)cc1. The summed E-state index contributed by atoms with van der Waals surface area (Å²) in [6, 6.07) is 7.39. The van der Waals surface area contributed by atoms with Gasteiger partial charge in [0.2, 0.25) is 11.8 Å². The Morgan fingerprint density at radius 2 is 2.05 bits per heavy atom. The van der Waals surface area contributed by atoms with Crippen LogP contribution in [0.1, 0.15) is 31.7 Å². The number of benzene rings is 1. The molecule has 0 unspecified atom stereocenters. The molecule has 1 fully saturated rings. The highest BCUT2D eigenvalue weighted by molar-refractivity contribution is 7.99. The van der Waals surface area contributed by atoms with Crippen LogP contribution in [-0.2, 0) is 9.59 Å². The predicted octanol–water partition coefficient (Wildman–Crippen LogP) is 2.37. The minimum Gasteiger partial charge on any atom is -0.343 e. The third-order valence-electron chi connectivity index (χ3n) is 3.25. The lowest BCUT2D eigenvalue weighted by molar-refractivity contribution is -0.125. The van der Waals surface area contributed by atoms with Gasteiger partial charge in [-0.1, -0.05) is 26.0 Å². The third-order valence-corrected chi connectivity index (χ3v) is 4.32. The maximum absolute atomic E-state index is 12.1. The number of anilines is 1. The molecule has 108 valence electrons. The highest BCUT2D eigenvalue weighted by Gasteiger charge is 2.23. The van der Waals surface area contributed by atoms with Gasteiger partial charge in [-0.15, -0.1) is 0 Å². The lowest BCUT2D eigenvalue weighted by atomic mass is 10.0. The second-order valence-corrected chi connectivity index (χ2v) is 6.36. The minimum absolute atomic E-state index is 0.0506. The van der Waals surface area contributed by atoms with Crippen molar-refractivity contribution in [1.29, 1.82) is 0 Å². The van der Waals surface area contributed by atoms with E-state index >= 15 is 0 Å². The summed E-state index contributed by atoms with van der Waals surface area (Å²) >= 11 is 1.63. The normalized spacial score (nSPS) is 19.4. The molecule has 1 aromatic rings. The van der Waals surface area contributed by atoms with Crippen molar-refractivity contribution < 1.29 is 9.59 Å². The van der Waals surface area contributed by atoms with Gasteiger partial charge in [0.25, 0.3) is 0 Å². The lowest BCUT2D eigenvalue weighted by Gasteiger charge is -2.15. The van der Waals surface area contributed by atoms with Gasteiger partial charge in [0.05, 0.1) is 0 Å². The van der Waals surface area contributed by atoms with Crippen LogP contribution < -0.4 is 10.6 Å². The van der Waals surface area contributed by atoms with Crippen molar-refractivity contribution in [2.24, 2.45) is 0 Å². The Bertz CT molecular complexity index is 485. The Morgan fingerprint density at radius 1 is 1.35 bits per heavy atom. The van der Waals surface area contributed by atoms with Gasteiger partial charge in [0.1, 0.15) is 6.04 Å². The van der Waals surface area contributed by atoms with Crippen LogP contribution in [0.15, 0.2) is 24.3 Å². The molecule has 0 spiro atoms. The molecule has 0 aliphatic carbocycles. The molecule has 1 aliphatic heterocycles. The summed E-state index contributed by atoms with van der Waals surface area (Å²) in [5.41, 5.74) is 2.00. The van der Waals surface area contributed by atoms with E-state index in [9.17, 15) is 9.59 Å². The van der Waals surface area contributed by atoms with E-state index in [0.29, 0.717) is 18.1 Å². The zero-order chi connectivity index (χ0) is 14.5. The predicted molar refractivity (Wildman–Crippen MR) is 83.0 cm³/mol. The Kier molecular flexibility index (Phi) is 5.06. The monoisotopic (exact) mass is 292 g/mol. The van der Waals surface area contributed by atoms with Crippen molar-refractivity contribution in [3.05, 3.63) is 29.8 Å². The van der Waals surface area contributed by atoms with Crippen molar-refractivity contribution in [3.63, 3.8) is 0 Å². The number of hydrogen-bond donors (Lipinski definition) is 2. The number of hydrogen-bond acceptors (Lipinski definition) is 3. The van der Waals surface area contributed by atoms with Gasteiger partial charge in [-0.3, -0.25) is 9.59 Å². The second-order valence-electron chi connectivity index (χ2n) is 5.21. The number of thioether (sulfide) groups is 1. The Morgan fingerprint density at radius 3 is 2.70 bits per heavy atom. The molecule has 1 aromatic carbocycles. The molecule has 2 rings (SSSR count). The smallest absolute Gasteiger partial charge is 0.247 e. The number of carbonyl (C=O) groups excluding carboxylic acids is 2. The Balaban J connectivity index is 1.98. The molecule has 4 nitrogen and oxygen atoms in total. The first-order chi connectivity index (χ1) is 9.56. The second kappa shape index (κ2) is 6.79. The van der Waals surface area contributed by atoms with Gasteiger partial charge in [0.15, 0.2) is 0 Å². The maximum Gasteiger partial charge on any atom is 0.247 e. The van der Waals surface area contributed by atoms with Crippen LogP contribution in [0, 0.1) is 0 Å². The number of carbonyl (C=O) groups is 2. The van der Waals surface area contributed by atoms with Gasteiger partial charge in [0, 0.05) is 23.6 Å². The maximum atomic E-state index is 12.1. The average Bonchev–Trinajstić information content (AvgIpc) is 2.64. The van der Waals surface area contributed by atoms with Gasteiger partial charge in [-0.05, 0) is 23.6 Å². The molecule has 0 bridgehead atoms. The molecule has 1 heterocycles. The van der Waals surface area contributed by atoms with Crippen molar-refractivity contribution in [1.82, 2.24) is 5.32 Å². The fraction of sp³-hybridized carbons (Fsp3) is 0.467. The van der Waals surface area contributed by atoms with Gasteiger partial charge >= 0.3 is 0 Å². The molecule has 2 N–H and O–H groups in total. The van der Waals surface area contributed by atoms with E-state index in [2.05, 4.69) is 24.5 Å². The van der Waals surface area contributed by atoms with E-state index in [1.54, 1.807) is 11.8 Å². The van der Waals surface area contributed by atoms with Crippen LogP contribution in [-0.4, -0.2) is 29.4 Å². The molecule has 0 radical (unpaired) electrons. The zero-order valence-electron chi connectivity index (χ0n) is 11.8. The van der Waals surface area contributed by atoms with Crippen LogP contribution in [0.5, 0.6) is 0 Å². The first-order valence-corrected chi connectivity index (χ1v) is 7.99. The zero-order valence-corrected chi connectivity index (χ0v) is 12.6. The summed E-state index contributed by atoms with van der Waals surface area (Å²) in [5.74, 6) is 1.67. The third kappa shape index (κ3) is 4.00. The molecule has 20 heavy (non-hydrogen) atoms. The Labute approximate surface area is 123 Å². The summed E-state index contributed by atoms with van der Waals surface area (Å²) in [6.07, 6.45) is 0.484. The largest absolute Gasteiger partial charge is 0.343 e. The first-order valence-electron chi connectivity index (χ1n) is 6.84. The first kappa shape index (κ1) is 14.9. The molecular formula is C15H20N2O2S. The van der Waals surface area contributed by atoms with Gasteiger partial charge < -0.3 is 10.6 Å². The van der Waals surface area contributed by atoms with Crippen LogP contribution >= 0.6 is 11.8 Å². The van der Waals surface area contributed by atoms with Crippen molar-refractivity contribution in [3.8, 4) is 0 Å². The molecule has 5 heteroatoms. The van der Waals surface area contributed by atoms with E-state index in [1.165, 1.54) is 5.56 Å². The molecule has 0 aromatic heterocycles. The molecule has 1 saturated heterocycles. The van der Waals surface area contributed by atoms with Crippen LogP contribution in [0.2, 0.25) is 0 Å². The number of amides is 2. The molecular weight excluding hydrogens is 272 g/mol. The molecule has 0 saturated carbocycles. The highest BCUT2D eigenvalue weighted by atomic mass is 32.2. The van der Waals surface area contributed by atoms with Crippen molar-refractivity contribution in [2.75, 3.05) is 16.8 Å². The lowest BCUT2D eigenvalue weighted by Crippen LogP contribution is -2.44. The fourth-order valence-electron chi connectivity index (χ4n) is 2.00. The van der Waals surface area contributed by atoms with Crippen LogP contribution in [0.25, 0.3) is 0 Å². The summed E-state index contributed by atoms with van der Waals surface area (Å²) in [6.45, 7) is 4.26. The number of rotatable bonds is 3. The van der Waals surface area contributed by atoms with Gasteiger partial charge in [-0.2, -0.15) is 11.8 Å². The average molecular weight is 292 g/mol. The van der Waals surface area contributed by atoms with Crippen molar-refractivity contribution in [2.45, 2.75) is 32.2 Å². The van der Waals surface area contributed by atoms with E-state index in [-0.39, 0.29) is 11.8 Å². The van der Waals surface area contributed by atoms with Gasteiger partial charge in [-0.25, -0.2) is 0 Å². The minimum atomic E-state index is -0.445. The van der Waals surface area contributed by atoms with E-state index in [1.807, 2.05) is 24.3 Å². The topological polar surface area (TPSA) is 58.2 Å². The summed E-state index contributed by atoms with van der Waals surface area (Å²) in [5, 5.41) is 5.62. The van der Waals surface area contributed by atoms with Crippen LogP contribution in [0.4, 0.5) is 5.69 Å². The molecule has 1 aliphatic rings. The standard InChI is InChI=1S/C15H20N2O2S/c1-10(2)11-3-5-12(6-4-11)16-15(19)13-9-20-8-7-14(18)17-13/h3-6,10,13H,7-9H2,1-2H3,(H,16,19)(H,17,18)/t13-/m1/s1. The summed E-state index contributed by atoms with van der Waals surface area (Å²) in [7, 11) is 0. The van der Waals surface area contributed by atoms with E-state index < -0.39 is 6.04 Å². The van der Waals surface area contributed by atoms with E-state index in [0.717, 1.165) is 11.4 Å². The summed E-state index contributed by atoms with van der Waals surface area (Å²) in [4.78, 5) is 23.6. The summed E-state index contributed by atoms with van der Waals surface area (Å²) < 4.78 is 0. The Hall–Kier alpha value is -1.49. The number of nitrogens with one attached hydrogen (secondary N) is 2. The molecule has 2 amide bonds. The quantitative estimate of drug-likeness (QED) is 0.899.